The van der Waals surface area contributed by atoms with E-state index in [0.29, 0.717) is 25.3 Å². The molecule has 5 nitrogen and oxygen atoms in total. The van der Waals surface area contributed by atoms with Gasteiger partial charge in [-0.05, 0) is 43.1 Å². The third-order valence-electron chi connectivity index (χ3n) is 4.54. The molecule has 3 fully saturated rings. The lowest BCUT2D eigenvalue weighted by Crippen LogP contribution is -2.66. The van der Waals surface area contributed by atoms with Crippen LogP contribution in [0.2, 0.25) is 0 Å². The van der Waals surface area contributed by atoms with E-state index in [0.717, 1.165) is 30.8 Å². The first-order valence-electron chi connectivity index (χ1n) is 6.89. The molecule has 3 rings (SSSR count). The van der Waals surface area contributed by atoms with Gasteiger partial charge in [0.15, 0.2) is 0 Å². The lowest BCUT2D eigenvalue weighted by atomic mass is 9.66. The molecule has 104 valence electrons. The number of barbiturate groups is 1. The van der Waals surface area contributed by atoms with Crippen LogP contribution in [0.4, 0.5) is 4.79 Å². The highest BCUT2D eigenvalue weighted by Crippen LogP contribution is 2.44. The standard InChI is InChI=1S/C13H18N2O3S/c16-10-13(4-1-5-13)11(17)15(12(18)14-10)8-9-2-6-19-7-3-9/h9H,1-8H2,(H,14,16,18). The molecule has 1 aliphatic carbocycles. The second-order valence-electron chi connectivity index (χ2n) is 5.67. The molecule has 2 saturated heterocycles. The minimum absolute atomic E-state index is 0.259. The Morgan fingerprint density at radius 3 is 2.47 bits per heavy atom. The first-order chi connectivity index (χ1) is 9.13. The molecule has 1 spiro atoms. The summed E-state index contributed by atoms with van der Waals surface area (Å²) in [5.74, 6) is 1.94. The number of thioether (sulfide) groups is 1. The maximum absolute atomic E-state index is 12.5. The fraction of sp³-hybridized carbons (Fsp3) is 0.769. The van der Waals surface area contributed by atoms with Crippen molar-refractivity contribution in [1.82, 2.24) is 10.2 Å². The number of hydrogen-bond donors (Lipinski definition) is 1. The van der Waals surface area contributed by atoms with Gasteiger partial charge in [0.1, 0.15) is 5.41 Å². The summed E-state index contributed by atoms with van der Waals surface area (Å²) in [7, 11) is 0. The van der Waals surface area contributed by atoms with E-state index in [1.54, 1.807) is 0 Å². The molecule has 4 amide bonds. The highest BCUT2D eigenvalue weighted by Gasteiger charge is 2.57. The van der Waals surface area contributed by atoms with Crippen LogP contribution >= 0.6 is 11.8 Å². The van der Waals surface area contributed by atoms with Crippen molar-refractivity contribution >= 4 is 29.6 Å². The molecule has 0 atom stereocenters. The van der Waals surface area contributed by atoms with Crippen LogP contribution in [0, 0.1) is 11.3 Å². The summed E-state index contributed by atoms with van der Waals surface area (Å²) >= 11 is 1.92. The van der Waals surface area contributed by atoms with Crippen LogP contribution in [0.5, 0.6) is 0 Å². The Morgan fingerprint density at radius 2 is 1.89 bits per heavy atom. The number of nitrogens with one attached hydrogen (secondary N) is 1. The molecule has 1 N–H and O–H groups in total. The van der Waals surface area contributed by atoms with Crippen molar-refractivity contribution in [2.75, 3.05) is 18.1 Å². The summed E-state index contributed by atoms with van der Waals surface area (Å²) in [6, 6.07) is -0.522. The van der Waals surface area contributed by atoms with E-state index >= 15 is 0 Å². The van der Waals surface area contributed by atoms with Crippen molar-refractivity contribution in [2.45, 2.75) is 32.1 Å². The maximum atomic E-state index is 12.5. The zero-order chi connectivity index (χ0) is 13.5. The number of carbonyl (C=O) groups is 3. The van der Waals surface area contributed by atoms with Gasteiger partial charge in [0.2, 0.25) is 11.8 Å². The minimum Gasteiger partial charge on any atom is -0.277 e. The van der Waals surface area contributed by atoms with Gasteiger partial charge in [0, 0.05) is 6.54 Å². The molecular weight excluding hydrogens is 264 g/mol. The normalized spacial score (nSPS) is 27.4. The summed E-state index contributed by atoms with van der Waals surface area (Å²) in [6.07, 6.45) is 4.15. The average molecular weight is 282 g/mol. The summed E-state index contributed by atoms with van der Waals surface area (Å²) in [6.45, 7) is 0.472. The Bertz CT molecular complexity index is 428. The number of carbonyl (C=O) groups excluding carboxylic acids is 3. The Morgan fingerprint density at radius 1 is 1.21 bits per heavy atom. The van der Waals surface area contributed by atoms with Gasteiger partial charge >= 0.3 is 6.03 Å². The number of nitrogens with zero attached hydrogens (tertiary/aromatic N) is 1. The number of amides is 4. The minimum atomic E-state index is -0.919. The smallest absolute Gasteiger partial charge is 0.277 e. The first kappa shape index (κ1) is 13.0. The first-order valence-corrected chi connectivity index (χ1v) is 8.04. The Labute approximate surface area is 116 Å². The lowest BCUT2D eigenvalue weighted by Gasteiger charge is -2.45. The van der Waals surface area contributed by atoms with Crippen molar-refractivity contribution in [2.24, 2.45) is 11.3 Å². The number of imide groups is 2. The van der Waals surface area contributed by atoms with Crippen molar-refractivity contribution in [3.63, 3.8) is 0 Å². The van der Waals surface area contributed by atoms with Gasteiger partial charge in [-0.3, -0.25) is 19.8 Å². The third-order valence-corrected chi connectivity index (χ3v) is 5.59. The van der Waals surface area contributed by atoms with Crippen LogP contribution in [0.1, 0.15) is 32.1 Å². The van der Waals surface area contributed by atoms with E-state index in [1.165, 1.54) is 4.90 Å². The molecule has 19 heavy (non-hydrogen) atoms. The van der Waals surface area contributed by atoms with Gasteiger partial charge in [0.05, 0.1) is 0 Å². The van der Waals surface area contributed by atoms with E-state index in [9.17, 15) is 14.4 Å². The number of rotatable bonds is 2. The van der Waals surface area contributed by atoms with Crippen LogP contribution in [0.3, 0.4) is 0 Å². The van der Waals surface area contributed by atoms with Gasteiger partial charge in [-0.2, -0.15) is 11.8 Å². The van der Waals surface area contributed by atoms with Crippen LogP contribution in [0.25, 0.3) is 0 Å². The number of urea groups is 1. The SMILES string of the molecule is O=C1NC(=O)C2(CCC2)C(=O)N1CC1CCSCC1. The van der Waals surface area contributed by atoms with E-state index in [2.05, 4.69) is 5.32 Å². The second kappa shape index (κ2) is 4.81. The fourth-order valence-electron chi connectivity index (χ4n) is 3.06. The summed E-state index contributed by atoms with van der Waals surface area (Å²) in [5, 5.41) is 2.36. The molecule has 1 saturated carbocycles. The average Bonchev–Trinajstić information content (AvgIpc) is 2.34. The van der Waals surface area contributed by atoms with Crippen LogP contribution in [-0.2, 0) is 9.59 Å². The lowest BCUT2D eigenvalue weighted by molar-refractivity contribution is -0.158. The summed E-state index contributed by atoms with van der Waals surface area (Å²) < 4.78 is 0. The summed E-state index contributed by atoms with van der Waals surface area (Å²) in [4.78, 5) is 37.5. The van der Waals surface area contributed by atoms with Crippen LogP contribution in [-0.4, -0.2) is 40.8 Å². The van der Waals surface area contributed by atoms with Crippen molar-refractivity contribution in [3.05, 3.63) is 0 Å². The molecule has 3 aliphatic rings. The molecule has 0 aromatic rings. The van der Waals surface area contributed by atoms with Crippen LogP contribution in [0.15, 0.2) is 0 Å². The zero-order valence-corrected chi connectivity index (χ0v) is 11.6. The van der Waals surface area contributed by atoms with Gasteiger partial charge in [0.25, 0.3) is 0 Å². The molecule has 0 aromatic heterocycles. The molecule has 0 unspecified atom stereocenters. The maximum Gasteiger partial charge on any atom is 0.330 e. The quantitative estimate of drug-likeness (QED) is 0.777. The molecule has 2 heterocycles. The highest BCUT2D eigenvalue weighted by molar-refractivity contribution is 7.99. The molecule has 0 bridgehead atoms. The molecular formula is C13H18N2O3S. The Hall–Kier alpha value is -1.04. The number of hydrogen-bond acceptors (Lipinski definition) is 4. The molecule has 6 heteroatoms. The van der Waals surface area contributed by atoms with Gasteiger partial charge in [-0.1, -0.05) is 6.42 Å². The van der Waals surface area contributed by atoms with Gasteiger partial charge in [-0.25, -0.2) is 4.79 Å². The second-order valence-corrected chi connectivity index (χ2v) is 6.89. The van der Waals surface area contributed by atoms with Gasteiger partial charge < -0.3 is 0 Å². The van der Waals surface area contributed by atoms with E-state index in [4.69, 9.17) is 0 Å². The predicted octanol–water partition coefficient (Wildman–Crippen LogP) is 1.38. The van der Waals surface area contributed by atoms with E-state index in [-0.39, 0.29) is 11.8 Å². The fourth-order valence-corrected chi connectivity index (χ4v) is 4.26. The van der Waals surface area contributed by atoms with Gasteiger partial charge in [-0.15, -0.1) is 0 Å². The predicted molar refractivity (Wildman–Crippen MR) is 71.6 cm³/mol. The highest BCUT2D eigenvalue weighted by atomic mass is 32.2. The largest absolute Gasteiger partial charge is 0.330 e. The van der Waals surface area contributed by atoms with Crippen molar-refractivity contribution < 1.29 is 14.4 Å². The Balaban J connectivity index is 1.74. The molecule has 0 radical (unpaired) electrons. The van der Waals surface area contributed by atoms with E-state index in [1.807, 2.05) is 11.8 Å². The Kier molecular flexibility index (Phi) is 3.28. The van der Waals surface area contributed by atoms with Crippen LogP contribution < -0.4 is 5.32 Å². The topological polar surface area (TPSA) is 66.5 Å². The zero-order valence-electron chi connectivity index (χ0n) is 10.8. The monoisotopic (exact) mass is 282 g/mol. The third kappa shape index (κ3) is 2.06. The molecule has 0 aromatic carbocycles. The van der Waals surface area contributed by atoms with Crippen molar-refractivity contribution in [3.8, 4) is 0 Å². The van der Waals surface area contributed by atoms with Crippen molar-refractivity contribution in [1.29, 1.82) is 0 Å². The summed E-state index contributed by atoms with van der Waals surface area (Å²) in [5.41, 5.74) is -0.919. The molecule has 2 aliphatic heterocycles. The van der Waals surface area contributed by atoms with E-state index < -0.39 is 11.4 Å².